The maximum absolute atomic E-state index is 11.3. The van der Waals surface area contributed by atoms with Gasteiger partial charge in [-0.3, -0.25) is 4.79 Å². The van der Waals surface area contributed by atoms with Crippen molar-refractivity contribution in [1.29, 1.82) is 0 Å². The van der Waals surface area contributed by atoms with Gasteiger partial charge in [0.05, 0.1) is 22.7 Å². The van der Waals surface area contributed by atoms with Crippen LogP contribution in [0.1, 0.15) is 73.1 Å². The number of aliphatic hydroxyl groups is 1. The van der Waals surface area contributed by atoms with Gasteiger partial charge in [0.25, 0.3) is 0 Å². The number of hydrogen-bond donors (Lipinski definition) is 2. The molecule has 0 aliphatic carbocycles. The predicted molar refractivity (Wildman–Crippen MR) is 78.7 cm³/mol. The number of rotatable bonds is 6. The number of ether oxygens (including phenoxy) is 1. The fourth-order valence-electron chi connectivity index (χ4n) is 3.70. The summed E-state index contributed by atoms with van der Waals surface area (Å²) in [7, 11) is 0. The Balaban J connectivity index is 3.02. The summed E-state index contributed by atoms with van der Waals surface area (Å²) >= 11 is 0. The molecule has 0 bridgehead atoms. The number of carbonyl (C=O) groups is 1. The highest BCUT2D eigenvalue weighted by Gasteiger charge is 2.55. The normalized spacial score (nSPS) is 30.2. The lowest BCUT2D eigenvalue weighted by atomic mass is 9.69. The van der Waals surface area contributed by atoms with Crippen molar-refractivity contribution >= 4 is 5.97 Å². The van der Waals surface area contributed by atoms with Gasteiger partial charge in [0.1, 0.15) is 0 Å². The minimum absolute atomic E-state index is 0.511. The zero-order chi connectivity index (χ0) is 15.6. The molecule has 0 aromatic rings. The first kappa shape index (κ1) is 17.4. The van der Waals surface area contributed by atoms with Gasteiger partial charge >= 0.3 is 5.97 Å². The highest BCUT2D eigenvalue weighted by molar-refractivity contribution is 5.71. The fourth-order valence-corrected chi connectivity index (χ4v) is 3.70. The van der Waals surface area contributed by atoms with Gasteiger partial charge in [-0.15, -0.1) is 0 Å². The second-order valence-corrected chi connectivity index (χ2v) is 6.90. The van der Waals surface area contributed by atoms with Crippen molar-refractivity contribution in [3.8, 4) is 0 Å². The van der Waals surface area contributed by atoms with Gasteiger partial charge in [0.15, 0.2) is 0 Å². The standard InChI is InChI=1S/C16H30O4/c1-6-9-16(19,10-7-2)15(5)11-8-12(13(17)18)14(3,4)20-15/h12,19H,6-11H2,1-5H3,(H,17,18)/t12-,15-/m1/s1. The lowest BCUT2D eigenvalue weighted by Crippen LogP contribution is -2.62. The molecule has 1 saturated heterocycles. The predicted octanol–water partition coefficient (Wildman–Crippen LogP) is 3.37. The van der Waals surface area contributed by atoms with Crippen LogP contribution in [0.4, 0.5) is 0 Å². The van der Waals surface area contributed by atoms with Crippen LogP contribution in [0.2, 0.25) is 0 Å². The molecule has 118 valence electrons. The van der Waals surface area contributed by atoms with E-state index in [0.717, 1.165) is 12.8 Å². The van der Waals surface area contributed by atoms with E-state index in [1.54, 1.807) is 0 Å². The summed E-state index contributed by atoms with van der Waals surface area (Å²) in [5, 5.41) is 20.4. The van der Waals surface area contributed by atoms with E-state index in [-0.39, 0.29) is 0 Å². The van der Waals surface area contributed by atoms with Crippen LogP contribution in [0.5, 0.6) is 0 Å². The fraction of sp³-hybridized carbons (Fsp3) is 0.938. The molecule has 0 saturated carbocycles. The summed E-state index contributed by atoms with van der Waals surface area (Å²) in [4.78, 5) is 11.3. The molecular weight excluding hydrogens is 256 g/mol. The summed E-state index contributed by atoms with van der Waals surface area (Å²) in [6.07, 6.45) is 4.28. The Morgan fingerprint density at radius 3 is 2.10 bits per heavy atom. The Morgan fingerprint density at radius 1 is 1.25 bits per heavy atom. The average Bonchev–Trinajstić information content (AvgIpc) is 2.27. The molecule has 1 heterocycles. The van der Waals surface area contributed by atoms with E-state index in [4.69, 9.17) is 4.74 Å². The molecule has 4 nitrogen and oxygen atoms in total. The van der Waals surface area contributed by atoms with Crippen LogP contribution >= 0.6 is 0 Å². The van der Waals surface area contributed by atoms with Gasteiger partial charge < -0.3 is 14.9 Å². The van der Waals surface area contributed by atoms with Crippen molar-refractivity contribution in [3.63, 3.8) is 0 Å². The van der Waals surface area contributed by atoms with Gasteiger partial charge in [-0.2, -0.15) is 0 Å². The van der Waals surface area contributed by atoms with Crippen molar-refractivity contribution in [3.05, 3.63) is 0 Å². The van der Waals surface area contributed by atoms with E-state index in [0.29, 0.717) is 25.7 Å². The Labute approximate surface area is 122 Å². The van der Waals surface area contributed by atoms with E-state index in [9.17, 15) is 15.0 Å². The number of hydrogen-bond acceptors (Lipinski definition) is 3. The van der Waals surface area contributed by atoms with E-state index in [1.165, 1.54) is 0 Å². The summed E-state index contributed by atoms with van der Waals surface area (Å²) in [6, 6.07) is 0. The second kappa shape index (κ2) is 6.02. The largest absolute Gasteiger partial charge is 0.481 e. The minimum Gasteiger partial charge on any atom is -0.481 e. The van der Waals surface area contributed by atoms with Crippen LogP contribution in [0, 0.1) is 5.92 Å². The summed E-state index contributed by atoms with van der Waals surface area (Å²) in [5.74, 6) is -1.32. The number of aliphatic carboxylic acids is 1. The third kappa shape index (κ3) is 3.17. The second-order valence-electron chi connectivity index (χ2n) is 6.90. The smallest absolute Gasteiger partial charge is 0.309 e. The third-order valence-electron chi connectivity index (χ3n) is 4.85. The molecule has 0 radical (unpaired) electrons. The molecule has 1 fully saturated rings. The number of carboxylic acid groups (broad SMARTS) is 1. The first-order valence-corrected chi connectivity index (χ1v) is 7.77. The Hall–Kier alpha value is -0.610. The third-order valence-corrected chi connectivity index (χ3v) is 4.85. The van der Waals surface area contributed by atoms with Crippen molar-refractivity contribution in [2.45, 2.75) is 89.9 Å². The van der Waals surface area contributed by atoms with Crippen LogP contribution in [0.3, 0.4) is 0 Å². The zero-order valence-corrected chi connectivity index (χ0v) is 13.5. The van der Waals surface area contributed by atoms with Crippen molar-refractivity contribution in [2.75, 3.05) is 0 Å². The molecule has 0 spiro atoms. The van der Waals surface area contributed by atoms with Gasteiger partial charge in [-0.25, -0.2) is 0 Å². The molecule has 20 heavy (non-hydrogen) atoms. The Kier molecular flexibility index (Phi) is 5.25. The van der Waals surface area contributed by atoms with Crippen LogP contribution in [0.15, 0.2) is 0 Å². The van der Waals surface area contributed by atoms with Crippen LogP contribution in [-0.2, 0) is 9.53 Å². The molecule has 2 atom stereocenters. The molecule has 1 aliphatic rings. The van der Waals surface area contributed by atoms with E-state index in [2.05, 4.69) is 13.8 Å². The minimum atomic E-state index is -0.878. The van der Waals surface area contributed by atoms with Gasteiger partial charge in [0.2, 0.25) is 0 Å². The summed E-state index contributed by atoms with van der Waals surface area (Å²) < 4.78 is 6.17. The summed E-state index contributed by atoms with van der Waals surface area (Å²) in [5.41, 5.74) is -2.31. The van der Waals surface area contributed by atoms with Crippen molar-refractivity contribution < 1.29 is 19.7 Å². The molecule has 1 aliphatic heterocycles. The Bertz CT molecular complexity index is 344. The molecule has 2 N–H and O–H groups in total. The first-order valence-electron chi connectivity index (χ1n) is 7.77. The summed E-state index contributed by atoms with van der Waals surface area (Å²) in [6.45, 7) is 9.69. The first-order chi connectivity index (χ1) is 9.12. The zero-order valence-electron chi connectivity index (χ0n) is 13.5. The molecular formula is C16H30O4. The SMILES string of the molecule is CCCC(O)(CCC)[C@@]1(C)CC[C@H](C(=O)O)C(C)(C)O1. The lowest BCUT2D eigenvalue weighted by Gasteiger charge is -2.54. The maximum atomic E-state index is 11.3. The molecule has 0 unspecified atom stereocenters. The van der Waals surface area contributed by atoms with Gasteiger partial charge in [-0.05, 0) is 46.5 Å². The highest BCUT2D eigenvalue weighted by atomic mass is 16.5. The van der Waals surface area contributed by atoms with E-state index >= 15 is 0 Å². The van der Waals surface area contributed by atoms with Gasteiger partial charge in [0, 0.05) is 0 Å². The monoisotopic (exact) mass is 286 g/mol. The van der Waals surface area contributed by atoms with E-state index < -0.39 is 28.7 Å². The molecule has 0 aromatic heterocycles. The van der Waals surface area contributed by atoms with Gasteiger partial charge in [-0.1, -0.05) is 26.7 Å². The highest BCUT2D eigenvalue weighted by Crippen LogP contribution is 2.47. The Morgan fingerprint density at radius 2 is 1.75 bits per heavy atom. The van der Waals surface area contributed by atoms with E-state index in [1.807, 2.05) is 20.8 Å². The molecule has 0 aromatic carbocycles. The molecule has 4 heteroatoms. The van der Waals surface area contributed by atoms with Crippen LogP contribution < -0.4 is 0 Å². The quantitative estimate of drug-likeness (QED) is 0.785. The van der Waals surface area contributed by atoms with Crippen LogP contribution in [0.25, 0.3) is 0 Å². The number of carboxylic acids is 1. The maximum Gasteiger partial charge on any atom is 0.309 e. The topological polar surface area (TPSA) is 66.8 Å². The van der Waals surface area contributed by atoms with Crippen LogP contribution in [-0.4, -0.2) is 33.0 Å². The lowest BCUT2D eigenvalue weighted by molar-refractivity contribution is -0.267. The average molecular weight is 286 g/mol. The molecule has 0 amide bonds. The van der Waals surface area contributed by atoms with Crippen molar-refractivity contribution in [2.24, 2.45) is 5.92 Å². The molecule has 1 rings (SSSR count). The van der Waals surface area contributed by atoms with Crippen molar-refractivity contribution in [1.82, 2.24) is 0 Å².